The standard InChI is InChI=1S/C25H28N8O3/c34-23(30-18-15-28-10-7-19(18)31-13-11-27-12-14-31)22-16-29-24(36-22)33-21-4-2-1-3-20(21)32(25(33)35)17-5-8-26-9-6-17/h1-4,7,10,15-17,26-27H,5-6,8-9,11-14H2,(H,30,34). The number of hydrogen-bond donors (Lipinski definition) is 3. The molecule has 11 heteroatoms. The van der Waals surface area contributed by atoms with Crippen molar-refractivity contribution in [3.63, 3.8) is 0 Å². The molecule has 2 aliphatic rings. The van der Waals surface area contributed by atoms with Gasteiger partial charge in [0.1, 0.15) is 0 Å². The number of pyridine rings is 1. The monoisotopic (exact) mass is 488 g/mol. The van der Waals surface area contributed by atoms with E-state index in [1.807, 2.05) is 34.9 Å². The van der Waals surface area contributed by atoms with Gasteiger partial charge in [0.05, 0.1) is 34.8 Å². The molecule has 4 aromatic rings. The fraction of sp³-hybridized carbons (Fsp3) is 0.360. The number of piperidine rings is 1. The molecule has 3 N–H and O–H groups in total. The van der Waals surface area contributed by atoms with E-state index < -0.39 is 5.91 Å². The number of aromatic nitrogens is 4. The molecular weight excluding hydrogens is 460 g/mol. The first kappa shape index (κ1) is 22.5. The molecule has 0 radical (unpaired) electrons. The van der Waals surface area contributed by atoms with E-state index in [1.165, 1.54) is 10.8 Å². The maximum absolute atomic E-state index is 13.6. The molecule has 11 nitrogen and oxygen atoms in total. The Kier molecular flexibility index (Phi) is 5.99. The van der Waals surface area contributed by atoms with Gasteiger partial charge in [-0.1, -0.05) is 12.1 Å². The topological polar surface area (TPSA) is 122 Å². The van der Waals surface area contributed by atoms with E-state index in [4.69, 9.17) is 4.42 Å². The lowest BCUT2D eigenvalue weighted by atomic mass is 10.1. The van der Waals surface area contributed by atoms with Crippen molar-refractivity contribution in [1.29, 1.82) is 0 Å². The second-order valence-corrected chi connectivity index (χ2v) is 9.05. The molecule has 6 rings (SSSR count). The van der Waals surface area contributed by atoms with Crippen molar-refractivity contribution >= 4 is 28.3 Å². The summed E-state index contributed by atoms with van der Waals surface area (Å²) in [4.78, 5) is 37.3. The molecule has 0 saturated carbocycles. The molecule has 2 fully saturated rings. The van der Waals surface area contributed by atoms with Crippen molar-refractivity contribution in [3.05, 3.63) is 65.2 Å². The third-order valence-electron chi connectivity index (χ3n) is 6.87. The summed E-state index contributed by atoms with van der Waals surface area (Å²) < 4.78 is 9.13. The summed E-state index contributed by atoms with van der Waals surface area (Å²) in [6.07, 6.45) is 6.43. The first-order valence-electron chi connectivity index (χ1n) is 12.3. The quantitative estimate of drug-likeness (QED) is 0.389. The summed E-state index contributed by atoms with van der Waals surface area (Å²) in [5.41, 5.74) is 2.81. The number of oxazole rings is 1. The van der Waals surface area contributed by atoms with Gasteiger partial charge in [-0.25, -0.2) is 14.3 Å². The van der Waals surface area contributed by atoms with Gasteiger partial charge in [0.25, 0.3) is 5.91 Å². The Morgan fingerprint density at radius 3 is 2.56 bits per heavy atom. The van der Waals surface area contributed by atoms with Crippen molar-refractivity contribution in [1.82, 2.24) is 29.7 Å². The lowest BCUT2D eigenvalue weighted by molar-refractivity contribution is 0.0996. The van der Waals surface area contributed by atoms with Crippen LogP contribution in [0.3, 0.4) is 0 Å². The number of nitrogens with one attached hydrogen (secondary N) is 3. The molecule has 2 aliphatic heterocycles. The van der Waals surface area contributed by atoms with Crippen molar-refractivity contribution in [2.75, 3.05) is 49.5 Å². The SMILES string of the molecule is O=C(Nc1cnccc1N1CCNCC1)c1cnc(-n2c(=O)n(C3CCNCC3)c3ccccc32)o1. The molecule has 0 spiro atoms. The molecule has 0 unspecified atom stereocenters. The molecule has 186 valence electrons. The lowest BCUT2D eigenvalue weighted by Crippen LogP contribution is -2.43. The number of carbonyl (C=O) groups excluding carboxylic acids is 1. The van der Waals surface area contributed by atoms with Gasteiger partial charge in [-0.3, -0.25) is 14.3 Å². The summed E-state index contributed by atoms with van der Waals surface area (Å²) in [5, 5.41) is 9.57. The average Bonchev–Trinajstić information content (AvgIpc) is 3.52. The summed E-state index contributed by atoms with van der Waals surface area (Å²) in [5.74, 6) is -0.431. The number of para-hydroxylation sites is 2. The minimum atomic E-state index is -0.451. The summed E-state index contributed by atoms with van der Waals surface area (Å²) >= 11 is 0. The third-order valence-corrected chi connectivity index (χ3v) is 6.87. The van der Waals surface area contributed by atoms with E-state index in [-0.39, 0.29) is 23.5 Å². The summed E-state index contributed by atoms with van der Waals surface area (Å²) in [6.45, 7) is 5.16. The van der Waals surface area contributed by atoms with Crippen LogP contribution in [0.15, 0.2) is 58.1 Å². The number of benzene rings is 1. The Morgan fingerprint density at radius 1 is 1.00 bits per heavy atom. The van der Waals surface area contributed by atoms with Crippen LogP contribution in [0.25, 0.3) is 17.0 Å². The van der Waals surface area contributed by atoms with Gasteiger partial charge in [0, 0.05) is 38.4 Å². The largest absolute Gasteiger partial charge is 0.418 e. The highest BCUT2D eigenvalue weighted by Gasteiger charge is 2.25. The number of amides is 1. The first-order valence-corrected chi connectivity index (χ1v) is 12.3. The van der Waals surface area contributed by atoms with Crippen LogP contribution in [-0.4, -0.2) is 64.3 Å². The van der Waals surface area contributed by atoms with Gasteiger partial charge < -0.3 is 25.3 Å². The minimum Gasteiger partial charge on any atom is -0.418 e. The van der Waals surface area contributed by atoms with Crippen molar-refractivity contribution < 1.29 is 9.21 Å². The molecule has 0 bridgehead atoms. The molecule has 3 aromatic heterocycles. The molecule has 2 saturated heterocycles. The number of rotatable bonds is 5. The van der Waals surface area contributed by atoms with Gasteiger partial charge in [-0.15, -0.1) is 0 Å². The average molecular weight is 489 g/mol. The van der Waals surface area contributed by atoms with Crippen LogP contribution in [-0.2, 0) is 0 Å². The van der Waals surface area contributed by atoms with Crippen LogP contribution in [0.4, 0.5) is 11.4 Å². The van der Waals surface area contributed by atoms with E-state index in [0.717, 1.165) is 63.3 Å². The molecule has 0 aliphatic carbocycles. The van der Waals surface area contributed by atoms with Crippen LogP contribution >= 0.6 is 0 Å². The van der Waals surface area contributed by atoms with Gasteiger partial charge in [0.15, 0.2) is 0 Å². The number of anilines is 2. The molecule has 1 aromatic carbocycles. The zero-order valence-electron chi connectivity index (χ0n) is 19.8. The summed E-state index contributed by atoms with van der Waals surface area (Å²) in [6, 6.07) is 9.66. The zero-order chi connectivity index (χ0) is 24.5. The van der Waals surface area contributed by atoms with Crippen LogP contribution < -0.4 is 26.5 Å². The van der Waals surface area contributed by atoms with Gasteiger partial charge >= 0.3 is 11.7 Å². The molecule has 1 amide bonds. The van der Waals surface area contributed by atoms with Crippen molar-refractivity contribution in [2.45, 2.75) is 18.9 Å². The Hall–Kier alpha value is -3.96. The number of hydrogen-bond acceptors (Lipinski definition) is 8. The third kappa shape index (κ3) is 4.06. The number of carbonyl (C=O) groups is 1. The Labute approximate surface area is 207 Å². The van der Waals surface area contributed by atoms with E-state index in [1.54, 1.807) is 12.4 Å². The Balaban J connectivity index is 1.31. The highest BCUT2D eigenvalue weighted by atomic mass is 16.4. The smallest absolute Gasteiger partial charge is 0.337 e. The van der Waals surface area contributed by atoms with E-state index >= 15 is 0 Å². The van der Waals surface area contributed by atoms with E-state index in [2.05, 4.69) is 30.8 Å². The molecule has 36 heavy (non-hydrogen) atoms. The molecular formula is C25H28N8O3. The van der Waals surface area contributed by atoms with Crippen LogP contribution in [0, 0.1) is 0 Å². The first-order chi connectivity index (χ1) is 17.7. The van der Waals surface area contributed by atoms with Crippen molar-refractivity contribution in [2.24, 2.45) is 0 Å². The number of nitrogens with zero attached hydrogens (tertiary/aromatic N) is 5. The summed E-state index contributed by atoms with van der Waals surface area (Å²) in [7, 11) is 0. The number of fused-ring (bicyclic) bond motifs is 1. The lowest BCUT2D eigenvalue weighted by Gasteiger charge is -2.30. The van der Waals surface area contributed by atoms with E-state index in [9.17, 15) is 9.59 Å². The number of imidazole rings is 1. The fourth-order valence-corrected chi connectivity index (χ4v) is 5.10. The maximum Gasteiger partial charge on any atom is 0.337 e. The predicted molar refractivity (Wildman–Crippen MR) is 136 cm³/mol. The van der Waals surface area contributed by atoms with Gasteiger partial charge in [0.2, 0.25) is 5.76 Å². The Bertz CT molecular complexity index is 1440. The highest BCUT2D eigenvalue weighted by Crippen LogP contribution is 2.27. The molecule has 5 heterocycles. The van der Waals surface area contributed by atoms with Crippen LogP contribution in [0.1, 0.15) is 29.4 Å². The number of piperazine rings is 1. The predicted octanol–water partition coefficient (Wildman–Crippen LogP) is 1.76. The normalized spacial score (nSPS) is 16.9. The maximum atomic E-state index is 13.6. The van der Waals surface area contributed by atoms with Crippen LogP contribution in [0.2, 0.25) is 0 Å². The second kappa shape index (κ2) is 9.59. The zero-order valence-corrected chi connectivity index (χ0v) is 19.8. The van der Waals surface area contributed by atoms with Gasteiger partial charge in [-0.05, 0) is 44.1 Å². The van der Waals surface area contributed by atoms with Gasteiger partial charge in [-0.2, -0.15) is 0 Å². The highest BCUT2D eigenvalue weighted by molar-refractivity contribution is 6.04. The van der Waals surface area contributed by atoms with E-state index in [0.29, 0.717) is 11.2 Å². The minimum absolute atomic E-state index is 0.0192. The molecule has 0 atom stereocenters. The van der Waals surface area contributed by atoms with Crippen molar-refractivity contribution in [3.8, 4) is 6.01 Å². The van der Waals surface area contributed by atoms with Crippen LogP contribution in [0.5, 0.6) is 0 Å². The Morgan fingerprint density at radius 2 is 1.75 bits per heavy atom. The fourth-order valence-electron chi connectivity index (χ4n) is 5.10. The second-order valence-electron chi connectivity index (χ2n) is 9.05.